The van der Waals surface area contributed by atoms with Crippen LogP contribution in [0.5, 0.6) is 0 Å². The lowest BCUT2D eigenvalue weighted by molar-refractivity contribution is -0.117. The number of nitrogens with one attached hydrogen (secondary N) is 2. The van der Waals surface area contributed by atoms with E-state index in [1.165, 1.54) is 6.07 Å². The molecule has 0 aliphatic rings. The van der Waals surface area contributed by atoms with Gasteiger partial charge in [-0.2, -0.15) is 0 Å². The van der Waals surface area contributed by atoms with Crippen molar-refractivity contribution in [2.75, 3.05) is 6.54 Å². The minimum absolute atomic E-state index is 0.234. The first-order valence-corrected chi connectivity index (χ1v) is 10.1. The topological polar surface area (TPSA) is 140 Å². The van der Waals surface area contributed by atoms with Crippen LogP contribution in [0.3, 0.4) is 0 Å². The first-order chi connectivity index (χ1) is 15.2. The van der Waals surface area contributed by atoms with Crippen LogP contribution in [0.4, 0.5) is 0 Å². The van der Waals surface area contributed by atoms with Crippen molar-refractivity contribution in [2.45, 2.75) is 20.4 Å². The summed E-state index contributed by atoms with van der Waals surface area (Å²) in [5.74, 6) is -0.477. The zero-order valence-corrected chi connectivity index (χ0v) is 17.6. The van der Waals surface area contributed by atoms with Crippen LogP contribution in [-0.4, -0.2) is 27.9 Å². The van der Waals surface area contributed by atoms with Gasteiger partial charge < -0.3 is 20.5 Å². The molecule has 0 saturated heterocycles. The van der Waals surface area contributed by atoms with Crippen LogP contribution in [0.2, 0.25) is 0 Å². The van der Waals surface area contributed by atoms with Gasteiger partial charge in [-0.1, -0.05) is 26.0 Å². The Bertz CT molecular complexity index is 1460. The summed E-state index contributed by atoms with van der Waals surface area (Å²) in [5.41, 5.74) is 7.09. The number of nitrogens with two attached hydrogens (primary N) is 1. The van der Waals surface area contributed by atoms with Gasteiger partial charge in [-0.05, 0) is 24.1 Å². The van der Waals surface area contributed by atoms with Gasteiger partial charge in [0.05, 0.1) is 23.0 Å². The second-order valence-electron chi connectivity index (χ2n) is 8.00. The Morgan fingerprint density at radius 1 is 1.12 bits per heavy atom. The minimum Gasteiger partial charge on any atom is -0.456 e. The molecule has 9 nitrogen and oxygen atoms in total. The molecule has 0 unspecified atom stereocenters. The molecule has 2 aromatic carbocycles. The van der Waals surface area contributed by atoms with Gasteiger partial charge in [0.25, 0.3) is 5.91 Å². The molecule has 4 N–H and O–H groups in total. The summed E-state index contributed by atoms with van der Waals surface area (Å²) in [4.78, 5) is 50.7. The molecule has 32 heavy (non-hydrogen) atoms. The summed E-state index contributed by atoms with van der Waals surface area (Å²) in [6, 6.07) is 11.1. The van der Waals surface area contributed by atoms with Gasteiger partial charge in [-0.15, -0.1) is 0 Å². The number of nitrogens with zero attached hydrogens (tertiary/aromatic N) is 1. The quantitative estimate of drug-likeness (QED) is 0.426. The number of fused-ring (bicyclic) bond motifs is 2. The van der Waals surface area contributed by atoms with Crippen molar-refractivity contribution in [1.29, 1.82) is 0 Å². The van der Waals surface area contributed by atoms with Gasteiger partial charge in [-0.3, -0.25) is 19.0 Å². The van der Waals surface area contributed by atoms with Crippen LogP contribution in [0.1, 0.15) is 24.2 Å². The van der Waals surface area contributed by atoms with Crippen molar-refractivity contribution in [1.82, 2.24) is 14.9 Å². The molecule has 2 aromatic heterocycles. The van der Waals surface area contributed by atoms with E-state index in [0.717, 1.165) is 0 Å². The second-order valence-corrected chi connectivity index (χ2v) is 8.00. The SMILES string of the molecule is CC(C)Cn1c(=O)[nH]c2cc3c(=O)cc(-c4ccc(C(=O)NCC(N)=O)cc4)oc3cc21. The molecular weight excluding hydrogens is 412 g/mol. The fourth-order valence-electron chi connectivity index (χ4n) is 3.55. The Morgan fingerprint density at radius 2 is 1.84 bits per heavy atom. The molecule has 9 heteroatoms. The molecule has 0 fully saturated rings. The van der Waals surface area contributed by atoms with Crippen molar-refractivity contribution in [3.05, 3.63) is 68.7 Å². The maximum Gasteiger partial charge on any atom is 0.326 e. The Hall–Kier alpha value is -4.14. The number of amides is 2. The van der Waals surface area contributed by atoms with E-state index in [9.17, 15) is 19.2 Å². The van der Waals surface area contributed by atoms with E-state index in [2.05, 4.69) is 10.3 Å². The van der Waals surface area contributed by atoms with Crippen LogP contribution >= 0.6 is 0 Å². The molecule has 0 aliphatic carbocycles. The summed E-state index contributed by atoms with van der Waals surface area (Å²) >= 11 is 0. The normalized spacial score (nSPS) is 11.3. The molecular formula is C23H22N4O5. The highest BCUT2D eigenvalue weighted by atomic mass is 16.3. The second kappa shape index (κ2) is 8.18. The van der Waals surface area contributed by atoms with Gasteiger partial charge in [0.2, 0.25) is 5.91 Å². The number of primary amides is 1. The van der Waals surface area contributed by atoms with Crippen molar-refractivity contribution >= 4 is 33.8 Å². The molecule has 0 radical (unpaired) electrons. The first kappa shape index (κ1) is 21.1. The lowest BCUT2D eigenvalue weighted by Gasteiger charge is -2.08. The van der Waals surface area contributed by atoms with Crippen LogP contribution < -0.4 is 22.2 Å². The number of carbonyl (C=O) groups excluding carboxylic acids is 2. The first-order valence-electron chi connectivity index (χ1n) is 10.1. The number of imidazole rings is 1. The number of hydrogen-bond acceptors (Lipinski definition) is 5. The molecule has 0 atom stereocenters. The average molecular weight is 434 g/mol. The lowest BCUT2D eigenvalue weighted by Crippen LogP contribution is -2.33. The lowest BCUT2D eigenvalue weighted by atomic mass is 10.1. The zero-order chi connectivity index (χ0) is 23.0. The Morgan fingerprint density at radius 3 is 2.50 bits per heavy atom. The predicted molar refractivity (Wildman–Crippen MR) is 120 cm³/mol. The number of hydrogen-bond donors (Lipinski definition) is 3. The van der Waals surface area contributed by atoms with Crippen molar-refractivity contribution in [3.63, 3.8) is 0 Å². The largest absolute Gasteiger partial charge is 0.456 e. The van der Waals surface area contributed by atoms with E-state index in [1.807, 2.05) is 13.8 Å². The Balaban J connectivity index is 1.74. The Labute approximate surface area is 181 Å². The van der Waals surface area contributed by atoms with Gasteiger partial charge >= 0.3 is 5.69 Å². The number of rotatable bonds is 6. The molecule has 2 amide bonds. The standard InChI is InChI=1S/C23H22N4O5/c1-12(2)11-27-17-8-20-15(7-16(17)26-23(27)31)18(28)9-19(32-20)13-3-5-14(6-4-13)22(30)25-10-21(24)29/h3-9,12H,10-11H2,1-2H3,(H2,24,29)(H,25,30)(H,26,31). The molecule has 0 aliphatic heterocycles. The molecule has 2 heterocycles. The summed E-state index contributed by atoms with van der Waals surface area (Å²) in [6.07, 6.45) is 0. The predicted octanol–water partition coefficient (Wildman–Crippen LogP) is 1.97. The van der Waals surface area contributed by atoms with Gasteiger partial charge in [0, 0.05) is 29.8 Å². The van der Waals surface area contributed by atoms with Crippen LogP contribution in [-0.2, 0) is 11.3 Å². The van der Waals surface area contributed by atoms with E-state index in [0.29, 0.717) is 45.4 Å². The summed E-state index contributed by atoms with van der Waals surface area (Å²) < 4.78 is 7.62. The fourth-order valence-corrected chi connectivity index (χ4v) is 3.55. The third-order valence-electron chi connectivity index (χ3n) is 5.03. The number of aromatic amines is 1. The smallest absolute Gasteiger partial charge is 0.326 e. The number of aromatic nitrogens is 2. The average Bonchev–Trinajstić information content (AvgIpc) is 3.04. The zero-order valence-electron chi connectivity index (χ0n) is 17.6. The Kier molecular flexibility index (Phi) is 5.40. The van der Waals surface area contributed by atoms with Gasteiger partial charge in [0.1, 0.15) is 11.3 Å². The maximum absolute atomic E-state index is 12.7. The van der Waals surface area contributed by atoms with Crippen molar-refractivity contribution < 1.29 is 14.0 Å². The third-order valence-corrected chi connectivity index (χ3v) is 5.03. The molecule has 0 spiro atoms. The van der Waals surface area contributed by atoms with Crippen LogP contribution in [0.15, 0.2) is 56.5 Å². The minimum atomic E-state index is -0.636. The van der Waals surface area contributed by atoms with E-state index in [-0.39, 0.29) is 23.6 Å². The van der Waals surface area contributed by atoms with E-state index in [1.54, 1.807) is 41.0 Å². The van der Waals surface area contributed by atoms with E-state index < -0.39 is 11.8 Å². The van der Waals surface area contributed by atoms with Crippen molar-refractivity contribution in [3.8, 4) is 11.3 Å². The van der Waals surface area contributed by atoms with E-state index >= 15 is 0 Å². The molecule has 4 aromatic rings. The molecule has 0 saturated carbocycles. The highest BCUT2D eigenvalue weighted by Gasteiger charge is 2.14. The summed E-state index contributed by atoms with van der Waals surface area (Å²) in [7, 11) is 0. The third kappa shape index (κ3) is 4.04. The summed E-state index contributed by atoms with van der Waals surface area (Å²) in [6.45, 7) is 4.31. The number of H-pyrrole nitrogens is 1. The number of benzene rings is 2. The molecule has 0 bridgehead atoms. The summed E-state index contributed by atoms with van der Waals surface area (Å²) in [5, 5.41) is 2.77. The highest BCUT2D eigenvalue weighted by Crippen LogP contribution is 2.25. The van der Waals surface area contributed by atoms with Crippen LogP contribution in [0, 0.1) is 5.92 Å². The van der Waals surface area contributed by atoms with Crippen LogP contribution in [0.25, 0.3) is 33.3 Å². The van der Waals surface area contributed by atoms with Gasteiger partial charge in [-0.25, -0.2) is 4.79 Å². The van der Waals surface area contributed by atoms with Gasteiger partial charge in [0.15, 0.2) is 5.43 Å². The highest BCUT2D eigenvalue weighted by molar-refractivity contribution is 5.97. The number of carbonyl (C=O) groups is 2. The fraction of sp³-hybridized carbons (Fsp3) is 0.217. The van der Waals surface area contributed by atoms with E-state index in [4.69, 9.17) is 10.2 Å². The van der Waals surface area contributed by atoms with Crippen molar-refractivity contribution in [2.24, 2.45) is 11.7 Å². The molecule has 4 rings (SSSR count). The monoisotopic (exact) mass is 434 g/mol. The molecule has 164 valence electrons. The maximum atomic E-state index is 12.7.